The number of fused-ring (bicyclic) bond motifs is 2. The zero-order valence-electron chi connectivity index (χ0n) is 21.7. The lowest BCUT2D eigenvalue weighted by Crippen LogP contribution is -2.29. The molecule has 37 heavy (non-hydrogen) atoms. The fourth-order valence-corrected chi connectivity index (χ4v) is 7.00. The van der Waals surface area contributed by atoms with Gasteiger partial charge >= 0.3 is 0 Å². The van der Waals surface area contributed by atoms with Gasteiger partial charge in [-0.1, -0.05) is 12.1 Å². The van der Waals surface area contributed by atoms with E-state index >= 15 is 0 Å². The molecule has 3 aromatic rings. The van der Waals surface area contributed by atoms with Crippen LogP contribution in [0.4, 0.5) is 11.4 Å². The molecule has 0 bridgehead atoms. The summed E-state index contributed by atoms with van der Waals surface area (Å²) in [5.74, 6) is 0.605. The topological polar surface area (TPSA) is 67.2 Å². The van der Waals surface area contributed by atoms with Gasteiger partial charge in [0.2, 0.25) is 0 Å². The van der Waals surface area contributed by atoms with E-state index in [0.717, 1.165) is 67.9 Å². The molecule has 3 aliphatic heterocycles. The van der Waals surface area contributed by atoms with Crippen molar-refractivity contribution in [3.8, 4) is 5.75 Å². The molecule has 4 heterocycles. The van der Waals surface area contributed by atoms with Crippen LogP contribution in [0.3, 0.4) is 0 Å². The molecule has 6 rings (SSSR count). The van der Waals surface area contributed by atoms with Crippen LogP contribution in [0, 0.1) is 0 Å². The quantitative estimate of drug-likeness (QED) is 0.507. The Kier molecular flexibility index (Phi) is 6.17. The number of anilines is 2. The molecule has 1 atom stereocenters. The highest BCUT2D eigenvalue weighted by atomic mass is 32.2. The van der Waals surface area contributed by atoms with Gasteiger partial charge in [0.05, 0.1) is 28.7 Å². The van der Waals surface area contributed by atoms with E-state index in [1.165, 1.54) is 9.55 Å². The molecule has 1 aromatic heterocycles. The maximum absolute atomic E-state index is 14.1. The molecular weight excluding hydrogens is 488 g/mol. The number of benzene rings is 2. The molecule has 9 heteroatoms. The van der Waals surface area contributed by atoms with E-state index < -0.39 is 10.0 Å². The van der Waals surface area contributed by atoms with Crippen molar-refractivity contribution in [2.45, 2.75) is 23.8 Å². The van der Waals surface area contributed by atoms with Gasteiger partial charge in [-0.05, 0) is 49.7 Å². The van der Waals surface area contributed by atoms with Crippen molar-refractivity contribution in [1.82, 2.24) is 8.87 Å². The Hall–Kier alpha value is -3.01. The van der Waals surface area contributed by atoms with Crippen LogP contribution in [-0.4, -0.2) is 83.9 Å². The van der Waals surface area contributed by atoms with Crippen LogP contribution in [0.2, 0.25) is 0 Å². The van der Waals surface area contributed by atoms with E-state index in [4.69, 9.17) is 9.47 Å². The van der Waals surface area contributed by atoms with Gasteiger partial charge in [0, 0.05) is 69.2 Å². The molecule has 8 nitrogen and oxygen atoms in total. The minimum atomic E-state index is -3.86. The van der Waals surface area contributed by atoms with Gasteiger partial charge in [-0.3, -0.25) is 0 Å². The number of methoxy groups -OCH3 is 1. The normalized spacial score (nSPS) is 20.7. The Morgan fingerprint density at radius 2 is 1.92 bits per heavy atom. The fourth-order valence-electron chi connectivity index (χ4n) is 5.62. The minimum absolute atomic E-state index is 0.194. The minimum Gasteiger partial charge on any atom is -0.490 e. The summed E-state index contributed by atoms with van der Waals surface area (Å²) in [5.41, 5.74) is 4.80. The summed E-state index contributed by atoms with van der Waals surface area (Å²) in [6.45, 7) is 4.80. The number of hydrogen-bond acceptors (Lipinski definition) is 7. The van der Waals surface area contributed by atoms with Crippen LogP contribution in [0.25, 0.3) is 16.5 Å². The summed E-state index contributed by atoms with van der Waals surface area (Å²) in [4.78, 5) is 6.85. The molecule has 0 spiro atoms. The highest BCUT2D eigenvalue weighted by Crippen LogP contribution is 2.38. The Bertz CT molecular complexity index is 1480. The van der Waals surface area contributed by atoms with Crippen LogP contribution in [-0.2, 0) is 14.8 Å². The summed E-state index contributed by atoms with van der Waals surface area (Å²) < 4.78 is 41.1. The summed E-state index contributed by atoms with van der Waals surface area (Å²) in [7, 11) is 1.98. The molecule has 3 aliphatic rings. The number of hydrogen-bond donors (Lipinski definition) is 0. The second kappa shape index (κ2) is 9.38. The van der Waals surface area contributed by atoms with Crippen LogP contribution in [0.1, 0.15) is 18.4 Å². The van der Waals surface area contributed by atoms with Crippen molar-refractivity contribution in [2.75, 3.05) is 70.3 Å². The second-order valence-corrected chi connectivity index (χ2v) is 12.1. The average Bonchev–Trinajstić information content (AvgIpc) is 3.54. The number of ether oxygens (including phenoxy) is 2. The van der Waals surface area contributed by atoms with Crippen LogP contribution < -0.4 is 14.5 Å². The number of likely N-dealkylation sites (N-methyl/N-ethyl adjacent to an activating group) is 2. The first-order chi connectivity index (χ1) is 17.8. The van der Waals surface area contributed by atoms with Crippen molar-refractivity contribution in [3.63, 3.8) is 0 Å². The van der Waals surface area contributed by atoms with E-state index in [9.17, 15) is 8.42 Å². The lowest BCUT2D eigenvalue weighted by molar-refractivity contribution is 0.121. The number of aromatic nitrogens is 1. The standard InChI is InChI=1S/C28H34N4O4S/c1-29-11-8-20(9-12-29)25-19-32(27-16-21(4-6-24(25)27)31-13-10-22(18-31)35-3)37(33,34)23-5-7-26-28(17-23)36-15-14-30(26)2/h4-8,16-17,19,22H,9-15,18H2,1-3H3. The largest absolute Gasteiger partial charge is 0.490 e. The Balaban J connectivity index is 1.48. The number of rotatable bonds is 5. The first-order valence-corrected chi connectivity index (χ1v) is 14.3. The summed E-state index contributed by atoms with van der Waals surface area (Å²) in [6.07, 6.45) is 6.08. The van der Waals surface area contributed by atoms with Gasteiger partial charge in [-0.2, -0.15) is 0 Å². The predicted octanol–water partition coefficient (Wildman–Crippen LogP) is 3.65. The lowest BCUT2D eigenvalue weighted by atomic mass is 9.99. The maximum atomic E-state index is 14.1. The van der Waals surface area contributed by atoms with Crippen LogP contribution >= 0.6 is 0 Å². The summed E-state index contributed by atoms with van der Waals surface area (Å²) in [6, 6.07) is 11.4. The lowest BCUT2D eigenvalue weighted by Gasteiger charge is -2.27. The van der Waals surface area contributed by atoms with Crippen molar-refractivity contribution in [1.29, 1.82) is 0 Å². The molecule has 2 aromatic carbocycles. The molecule has 0 saturated carbocycles. The highest BCUT2D eigenvalue weighted by molar-refractivity contribution is 7.90. The molecule has 0 amide bonds. The highest BCUT2D eigenvalue weighted by Gasteiger charge is 2.28. The van der Waals surface area contributed by atoms with Crippen molar-refractivity contribution >= 4 is 37.9 Å². The number of nitrogens with zero attached hydrogens (tertiary/aromatic N) is 4. The Morgan fingerprint density at radius 1 is 1.05 bits per heavy atom. The van der Waals surface area contributed by atoms with Crippen molar-refractivity contribution < 1.29 is 17.9 Å². The van der Waals surface area contributed by atoms with Gasteiger partial charge in [0.25, 0.3) is 10.0 Å². The van der Waals surface area contributed by atoms with Gasteiger partial charge in [0.1, 0.15) is 12.4 Å². The van der Waals surface area contributed by atoms with Crippen molar-refractivity contribution in [2.24, 2.45) is 0 Å². The van der Waals surface area contributed by atoms with Gasteiger partial charge < -0.3 is 24.2 Å². The third-order valence-electron chi connectivity index (χ3n) is 7.94. The molecule has 0 radical (unpaired) electrons. The second-order valence-electron chi connectivity index (χ2n) is 10.3. The van der Waals surface area contributed by atoms with E-state index in [1.54, 1.807) is 19.2 Å². The summed E-state index contributed by atoms with van der Waals surface area (Å²) >= 11 is 0. The van der Waals surface area contributed by atoms with Crippen molar-refractivity contribution in [3.05, 3.63) is 54.2 Å². The summed E-state index contributed by atoms with van der Waals surface area (Å²) in [5, 5.41) is 0.958. The Labute approximate surface area is 218 Å². The maximum Gasteiger partial charge on any atom is 0.268 e. The smallest absolute Gasteiger partial charge is 0.268 e. The molecule has 1 fully saturated rings. The first kappa shape index (κ1) is 24.3. The fraction of sp³-hybridized carbons (Fsp3) is 0.429. The zero-order chi connectivity index (χ0) is 25.7. The SMILES string of the molecule is COC1CCN(c2ccc3c(C4=CCN(C)CC4)cn(S(=O)(=O)c4ccc5c(c4)OCCN5C)c3c2)C1. The molecule has 1 saturated heterocycles. The Morgan fingerprint density at radius 3 is 2.68 bits per heavy atom. The zero-order valence-corrected chi connectivity index (χ0v) is 22.5. The average molecular weight is 523 g/mol. The van der Waals surface area contributed by atoms with E-state index in [-0.39, 0.29) is 11.0 Å². The van der Waals surface area contributed by atoms with Gasteiger partial charge in [-0.15, -0.1) is 0 Å². The molecule has 1 unspecified atom stereocenters. The molecule has 0 N–H and O–H groups in total. The molecular formula is C28H34N4O4S. The predicted molar refractivity (Wildman–Crippen MR) is 147 cm³/mol. The van der Waals surface area contributed by atoms with E-state index in [0.29, 0.717) is 17.9 Å². The molecule has 196 valence electrons. The van der Waals surface area contributed by atoms with Crippen LogP contribution in [0.15, 0.2) is 53.6 Å². The first-order valence-electron chi connectivity index (χ1n) is 12.9. The third-order valence-corrected chi connectivity index (χ3v) is 9.61. The van der Waals surface area contributed by atoms with E-state index in [2.05, 4.69) is 40.0 Å². The monoisotopic (exact) mass is 522 g/mol. The molecule has 0 aliphatic carbocycles. The van der Waals surface area contributed by atoms with Gasteiger partial charge in [0.15, 0.2) is 0 Å². The van der Waals surface area contributed by atoms with Crippen LogP contribution in [0.5, 0.6) is 5.75 Å². The van der Waals surface area contributed by atoms with E-state index in [1.807, 2.05) is 25.4 Å². The third kappa shape index (κ3) is 4.28. The van der Waals surface area contributed by atoms with Gasteiger partial charge in [-0.25, -0.2) is 12.4 Å².